The van der Waals surface area contributed by atoms with Crippen molar-refractivity contribution < 1.29 is 9.90 Å². The van der Waals surface area contributed by atoms with Gasteiger partial charge in [-0.15, -0.1) is 0 Å². The van der Waals surface area contributed by atoms with Gasteiger partial charge < -0.3 is 15.7 Å². The van der Waals surface area contributed by atoms with Crippen molar-refractivity contribution in [3.05, 3.63) is 28.2 Å². The number of urea groups is 1. The normalized spacial score (nSPS) is 17.2. The molecule has 0 aromatic heterocycles. The Morgan fingerprint density at radius 2 is 2.11 bits per heavy atom. The van der Waals surface area contributed by atoms with E-state index in [1.807, 2.05) is 25.1 Å². The van der Waals surface area contributed by atoms with Gasteiger partial charge in [-0.2, -0.15) is 0 Å². The van der Waals surface area contributed by atoms with Crippen molar-refractivity contribution in [1.82, 2.24) is 5.32 Å². The summed E-state index contributed by atoms with van der Waals surface area (Å²) in [6.45, 7) is 1.97. The van der Waals surface area contributed by atoms with Crippen LogP contribution in [0, 0.1) is 6.92 Å². The fourth-order valence-electron chi connectivity index (χ4n) is 2.50. The number of hydrogen-bond donors (Lipinski definition) is 3. The highest BCUT2D eigenvalue weighted by molar-refractivity contribution is 9.10. The lowest BCUT2D eigenvalue weighted by Gasteiger charge is -2.28. The molecule has 0 saturated heterocycles. The molecule has 2 rings (SSSR count). The van der Waals surface area contributed by atoms with Crippen LogP contribution in [0.5, 0.6) is 0 Å². The summed E-state index contributed by atoms with van der Waals surface area (Å²) < 4.78 is 0.845. The molecule has 0 radical (unpaired) electrons. The molecule has 2 amide bonds. The molecule has 1 aromatic rings. The number of rotatable bonds is 3. The van der Waals surface area contributed by atoms with E-state index in [1.54, 1.807) is 0 Å². The number of carbonyl (C=O) groups excluding carboxylic acids is 1. The van der Waals surface area contributed by atoms with Crippen LogP contribution in [0.25, 0.3) is 0 Å². The smallest absolute Gasteiger partial charge is 0.319 e. The molecule has 0 atom stereocenters. The Hall–Kier alpha value is -1.07. The van der Waals surface area contributed by atoms with E-state index >= 15 is 0 Å². The number of carbonyl (C=O) groups is 1. The highest BCUT2D eigenvalue weighted by atomic mass is 79.9. The number of benzene rings is 1. The van der Waals surface area contributed by atoms with Crippen molar-refractivity contribution in [1.29, 1.82) is 0 Å². The van der Waals surface area contributed by atoms with Gasteiger partial charge in [0.05, 0.1) is 17.8 Å². The third-order valence-electron chi connectivity index (χ3n) is 3.61. The van der Waals surface area contributed by atoms with E-state index in [4.69, 9.17) is 0 Å². The molecule has 104 valence electrons. The zero-order valence-electron chi connectivity index (χ0n) is 11.0. The second-order valence-corrected chi connectivity index (χ2v) is 6.06. The Morgan fingerprint density at radius 3 is 2.74 bits per heavy atom. The van der Waals surface area contributed by atoms with Crippen molar-refractivity contribution in [3.8, 4) is 0 Å². The lowest BCUT2D eigenvalue weighted by atomic mass is 9.99. The minimum atomic E-state index is -0.444. The summed E-state index contributed by atoms with van der Waals surface area (Å²) in [6, 6.07) is 5.52. The van der Waals surface area contributed by atoms with Crippen LogP contribution in [0.2, 0.25) is 0 Å². The monoisotopic (exact) mass is 326 g/mol. The van der Waals surface area contributed by atoms with Crippen LogP contribution in [0.3, 0.4) is 0 Å². The van der Waals surface area contributed by atoms with Gasteiger partial charge >= 0.3 is 6.03 Å². The van der Waals surface area contributed by atoms with Gasteiger partial charge in [0.15, 0.2) is 0 Å². The quantitative estimate of drug-likeness (QED) is 0.798. The van der Waals surface area contributed by atoms with Gasteiger partial charge in [0.25, 0.3) is 0 Å². The summed E-state index contributed by atoms with van der Waals surface area (Å²) >= 11 is 3.41. The molecule has 1 aliphatic rings. The Bertz CT molecular complexity index is 471. The third kappa shape index (κ3) is 3.48. The molecule has 1 saturated carbocycles. The van der Waals surface area contributed by atoms with E-state index in [-0.39, 0.29) is 12.6 Å². The van der Waals surface area contributed by atoms with Gasteiger partial charge in [-0.25, -0.2) is 4.79 Å². The second kappa shape index (κ2) is 5.92. The topological polar surface area (TPSA) is 61.4 Å². The van der Waals surface area contributed by atoms with Crippen LogP contribution < -0.4 is 10.6 Å². The molecule has 0 unspecified atom stereocenters. The number of nitrogens with one attached hydrogen (secondary N) is 2. The van der Waals surface area contributed by atoms with Gasteiger partial charge in [0, 0.05) is 4.47 Å². The Kier molecular flexibility index (Phi) is 4.47. The molecule has 0 spiro atoms. The number of halogens is 1. The summed E-state index contributed by atoms with van der Waals surface area (Å²) in [7, 11) is 0. The van der Waals surface area contributed by atoms with Crippen LogP contribution in [0.15, 0.2) is 22.7 Å². The Morgan fingerprint density at radius 1 is 1.42 bits per heavy atom. The van der Waals surface area contributed by atoms with Gasteiger partial charge in [-0.1, -0.05) is 18.9 Å². The minimum Gasteiger partial charge on any atom is -0.394 e. The average molecular weight is 327 g/mol. The van der Waals surface area contributed by atoms with E-state index in [9.17, 15) is 9.90 Å². The molecule has 3 N–H and O–H groups in total. The number of hydrogen-bond acceptors (Lipinski definition) is 2. The Balaban J connectivity index is 2.03. The van der Waals surface area contributed by atoms with Crippen LogP contribution in [0.4, 0.5) is 10.5 Å². The zero-order valence-corrected chi connectivity index (χ0v) is 12.6. The highest BCUT2D eigenvalue weighted by Crippen LogP contribution is 2.29. The Labute approximate surface area is 121 Å². The second-order valence-electron chi connectivity index (χ2n) is 5.21. The summed E-state index contributed by atoms with van der Waals surface area (Å²) in [4.78, 5) is 12.0. The van der Waals surface area contributed by atoms with Crippen molar-refractivity contribution in [2.24, 2.45) is 0 Å². The maximum absolute atomic E-state index is 12.0. The zero-order chi connectivity index (χ0) is 13.9. The van der Waals surface area contributed by atoms with Crippen molar-refractivity contribution >= 4 is 27.6 Å². The van der Waals surface area contributed by atoms with E-state index in [1.165, 1.54) is 0 Å². The van der Waals surface area contributed by atoms with Crippen LogP contribution in [-0.4, -0.2) is 23.3 Å². The van der Waals surface area contributed by atoms with Gasteiger partial charge in [-0.05, 0) is 53.4 Å². The van der Waals surface area contributed by atoms with Gasteiger partial charge in [0.1, 0.15) is 0 Å². The van der Waals surface area contributed by atoms with Crippen LogP contribution in [-0.2, 0) is 0 Å². The maximum Gasteiger partial charge on any atom is 0.319 e. The molecule has 0 heterocycles. The highest BCUT2D eigenvalue weighted by Gasteiger charge is 2.34. The summed E-state index contributed by atoms with van der Waals surface area (Å²) in [6.07, 6.45) is 3.78. The first-order chi connectivity index (χ1) is 9.04. The molecular formula is C14H19BrN2O2. The molecule has 5 heteroatoms. The largest absolute Gasteiger partial charge is 0.394 e. The van der Waals surface area contributed by atoms with Crippen LogP contribution >= 0.6 is 15.9 Å². The van der Waals surface area contributed by atoms with Gasteiger partial charge in [-0.3, -0.25) is 0 Å². The molecule has 1 fully saturated rings. The minimum absolute atomic E-state index is 0.00456. The first kappa shape index (κ1) is 14.3. The van der Waals surface area contributed by atoms with Crippen LogP contribution in [0.1, 0.15) is 31.2 Å². The average Bonchev–Trinajstić information content (AvgIpc) is 2.83. The van der Waals surface area contributed by atoms with E-state index in [0.29, 0.717) is 0 Å². The molecule has 1 aliphatic carbocycles. The van der Waals surface area contributed by atoms with E-state index in [2.05, 4.69) is 26.6 Å². The first-order valence-corrected chi connectivity index (χ1v) is 7.30. The molecule has 4 nitrogen and oxygen atoms in total. The lowest BCUT2D eigenvalue weighted by Crippen LogP contribution is -2.50. The summed E-state index contributed by atoms with van der Waals surface area (Å²) in [5.41, 5.74) is 1.38. The first-order valence-electron chi connectivity index (χ1n) is 6.51. The van der Waals surface area contributed by atoms with E-state index < -0.39 is 5.54 Å². The molecule has 19 heavy (non-hydrogen) atoms. The number of anilines is 1. The molecule has 1 aromatic carbocycles. The fraction of sp³-hybridized carbons (Fsp3) is 0.500. The molecule has 0 aliphatic heterocycles. The number of aryl methyl sites for hydroxylation is 1. The third-order valence-corrected chi connectivity index (χ3v) is 4.30. The molecular weight excluding hydrogens is 308 g/mol. The molecule has 0 bridgehead atoms. The van der Waals surface area contributed by atoms with Crippen molar-refractivity contribution in [2.45, 2.75) is 38.1 Å². The predicted molar refractivity (Wildman–Crippen MR) is 79.3 cm³/mol. The van der Waals surface area contributed by atoms with Gasteiger partial charge in [0.2, 0.25) is 0 Å². The number of aliphatic hydroxyl groups is 1. The lowest BCUT2D eigenvalue weighted by molar-refractivity contribution is 0.167. The fourth-order valence-corrected chi connectivity index (χ4v) is 2.85. The van der Waals surface area contributed by atoms with Crippen molar-refractivity contribution in [2.75, 3.05) is 11.9 Å². The number of aliphatic hydroxyl groups excluding tert-OH is 1. The van der Waals surface area contributed by atoms with Crippen molar-refractivity contribution in [3.63, 3.8) is 0 Å². The predicted octanol–water partition coefficient (Wildman–Crippen LogP) is 3.18. The maximum atomic E-state index is 12.0. The number of amides is 2. The van der Waals surface area contributed by atoms with E-state index in [0.717, 1.165) is 41.4 Å². The summed E-state index contributed by atoms with van der Waals surface area (Å²) in [5, 5.41) is 15.2. The SMILES string of the molecule is Cc1ccc(Br)c(NC(=O)NC2(CO)CCCC2)c1. The summed E-state index contributed by atoms with van der Waals surface area (Å²) in [5.74, 6) is 0. The standard InChI is InChI=1S/C14H19BrN2O2/c1-10-4-5-11(15)12(8-10)16-13(19)17-14(9-18)6-2-3-7-14/h4-5,8,18H,2-3,6-7,9H2,1H3,(H2,16,17,19).